The lowest BCUT2D eigenvalue weighted by Crippen LogP contribution is -2.58. The van der Waals surface area contributed by atoms with Gasteiger partial charge < -0.3 is 9.84 Å². The molecule has 2 heterocycles. The van der Waals surface area contributed by atoms with E-state index in [4.69, 9.17) is 4.74 Å². The molecule has 0 aliphatic carbocycles. The van der Waals surface area contributed by atoms with E-state index in [0.717, 1.165) is 10.8 Å². The minimum absolute atomic E-state index is 0.239. The molecule has 3 aromatic rings. The molecule has 0 saturated heterocycles. The normalized spacial score (nSPS) is 25.5. The Morgan fingerprint density at radius 1 is 1.15 bits per heavy atom. The Kier molecular flexibility index (Phi) is 3.78. The third-order valence-corrected chi connectivity index (χ3v) is 5.54. The second-order valence-corrected chi connectivity index (χ2v) is 7.22. The van der Waals surface area contributed by atoms with Crippen LogP contribution in [0.2, 0.25) is 0 Å². The smallest absolute Gasteiger partial charge is 0.275 e. The first-order valence-corrected chi connectivity index (χ1v) is 8.88. The molecule has 0 bridgehead atoms. The molecule has 1 aromatic heterocycles. The molecule has 2 aromatic carbocycles. The Labute approximate surface area is 150 Å². The van der Waals surface area contributed by atoms with E-state index in [9.17, 15) is 14.7 Å². The number of nitrogens with zero attached hydrogens (tertiary/aromatic N) is 2. The molecule has 0 radical (unpaired) electrons. The highest BCUT2D eigenvalue weighted by Gasteiger charge is 2.45. The molecule has 3 atom stereocenters. The predicted molar refractivity (Wildman–Crippen MR) is 100 cm³/mol. The highest BCUT2D eigenvalue weighted by atomic mass is 16.5. The molecule has 6 heteroatoms. The summed E-state index contributed by atoms with van der Waals surface area (Å²) in [6.45, 7) is 5.90. The Hall–Kier alpha value is -2.44. The SMILES string of the molecule is CCO[C@H]1n2c(=O)c3cc4ccccc4cc3c(=O)n2CC(C)[C@]1(C)O. The molecule has 0 saturated carbocycles. The first-order valence-electron chi connectivity index (χ1n) is 8.88. The minimum atomic E-state index is -1.25. The van der Waals surface area contributed by atoms with E-state index in [1.165, 1.54) is 9.36 Å². The van der Waals surface area contributed by atoms with Crippen molar-refractivity contribution in [2.45, 2.75) is 39.1 Å². The van der Waals surface area contributed by atoms with Gasteiger partial charge in [-0.1, -0.05) is 31.2 Å². The first-order chi connectivity index (χ1) is 12.4. The van der Waals surface area contributed by atoms with Gasteiger partial charge in [-0.15, -0.1) is 0 Å². The van der Waals surface area contributed by atoms with Crippen LogP contribution in [0.5, 0.6) is 0 Å². The van der Waals surface area contributed by atoms with Crippen molar-refractivity contribution in [3.05, 3.63) is 57.1 Å². The van der Waals surface area contributed by atoms with E-state index >= 15 is 0 Å². The highest BCUT2D eigenvalue weighted by Crippen LogP contribution is 2.35. The maximum atomic E-state index is 13.3. The van der Waals surface area contributed by atoms with Crippen LogP contribution in [0, 0.1) is 5.92 Å². The lowest BCUT2D eigenvalue weighted by molar-refractivity contribution is -0.193. The van der Waals surface area contributed by atoms with Gasteiger partial charge in [0.25, 0.3) is 11.1 Å². The molecule has 0 fully saturated rings. The van der Waals surface area contributed by atoms with E-state index in [-0.39, 0.29) is 23.6 Å². The van der Waals surface area contributed by atoms with Crippen LogP contribution >= 0.6 is 0 Å². The second kappa shape index (κ2) is 5.79. The summed E-state index contributed by atoms with van der Waals surface area (Å²) in [5, 5.41) is 13.5. The van der Waals surface area contributed by atoms with Crippen LogP contribution in [0.1, 0.15) is 27.0 Å². The third-order valence-electron chi connectivity index (χ3n) is 5.54. The quantitative estimate of drug-likeness (QED) is 0.717. The summed E-state index contributed by atoms with van der Waals surface area (Å²) in [7, 11) is 0. The van der Waals surface area contributed by atoms with E-state index in [2.05, 4.69) is 0 Å². The molecule has 1 N–H and O–H groups in total. The topological polar surface area (TPSA) is 73.5 Å². The van der Waals surface area contributed by atoms with Gasteiger partial charge in [-0.25, -0.2) is 9.36 Å². The van der Waals surface area contributed by atoms with Gasteiger partial charge in [-0.2, -0.15) is 0 Å². The van der Waals surface area contributed by atoms with Crippen molar-refractivity contribution in [2.75, 3.05) is 6.61 Å². The summed E-state index contributed by atoms with van der Waals surface area (Å²) in [6, 6.07) is 11.2. The maximum absolute atomic E-state index is 13.3. The summed E-state index contributed by atoms with van der Waals surface area (Å²) in [5.74, 6) is -0.242. The van der Waals surface area contributed by atoms with E-state index in [1.54, 1.807) is 26.0 Å². The molecule has 6 nitrogen and oxygen atoms in total. The van der Waals surface area contributed by atoms with E-state index in [1.807, 2.05) is 31.2 Å². The number of hydrogen-bond donors (Lipinski definition) is 1. The number of ether oxygens (including phenoxy) is 1. The fraction of sp³-hybridized carbons (Fsp3) is 0.400. The third kappa shape index (κ3) is 2.26. The van der Waals surface area contributed by atoms with Crippen LogP contribution in [0.15, 0.2) is 46.0 Å². The number of fused-ring (bicyclic) bond motifs is 3. The summed E-state index contributed by atoms with van der Waals surface area (Å²) in [6.07, 6.45) is -0.910. The second-order valence-electron chi connectivity index (χ2n) is 7.22. The summed E-state index contributed by atoms with van der Waals surface area (Å²) < 4.78 is 8.43. The van der Waals surface area contributed by atoms with Gasteiger partial charge in [0, 0.05) is 19.1 Å². The van der Waals surface area contributed by atoms with Crippen LogP contribution in [0.3, 0.4) is 0 Å². The monoisotopic (exact) mass is 354 g/mol. The van der Waals surface area contributed by atoms with Crippen molar-refractivity contribution < 1.29 is 9.84 Å². The number of hydrogen-bond acceptors (Lipinski definition) is 4. The van der Waals surface area contributed by atoms with Crippen LogP contribution in [0.4, 0.5) is 0 Å². The Morgan fingerprint density at radius 2 is 1.73 bits per heavy atom. The van der Waals surface area contributed by atoms with Gasteiger partial charge in [0.2, 0.25) is 0 Å². The van der Waals surface area contributed by atoms with Crippen LogP contribution in [0.25, 0.3) is 21.5 Å². The van der Waals surface area contributed by atoms with Crippen molar-refractivity contribution >= 4 is 21.5 Å². The van der Waals surface area contributed by atoms with Crippen molar-refractivity contribution in [3.63, 3.8) is 0 Å². The fourth-order valence-corrected chi connectivity index (χ4v) is 3.80. The lowest BCUT2D eigenvalue weighted by Gasteiger charge is -2.43. The molecular weight excluding hydrogens is 332 g/mol. The molecule has 136 valence electrons. The van der Waals surface area contributed by atoms with Crippen LogP contribution in [-0.2, 0) is 11.3 Å². The first kappa shape index (κ1) is 17.0. The molecule has 4 rings (SSSR count). The molecule has 0 amide bonds. The molecule has 0 spiro atoms. The molecule has 26 heavy (non-hydrogen) atoms. The average Bonchev–Trinajstić information content (AvgIpc) is 2.62. The van der Waals surface area contributed by atoms with Gasteiger partial charge in [-0.3, -0.25) is 9.59 Å². The Balaban J connectivity index is 2.13. The molecule has 1 aliphatic heterocycles. The molecule has 1 aliphatic rings. The van der Waals surface area contributed by atoms with E-state index in [0.29, 0.717) is 17.4 Å². The number of rotatable bonds is 2. The van der Waals surface area contributed by atoms with Gasteiger partial charge in [0.15, 0.2) is 6.23 Å². The standard InChI is InChI=1S/C20H22N2O4/c1-4-26-19-20(3,25)12(2)11-21-17(23)15-9-13-7-5-6-8-14(13)10-16(15)18(24)22(19)21/h5-10,12,19,25H,4,11H2,1-3H3/t12?,19-,20+/m1/s1. The molecular formula is C20H22N2O4. The zero-order valence-electron chi connectivity index (χ0n) is 15.1. The van der Waals surface area contributed by atoms with Crippen LogP contribution < -0.4 is 11.1 Å². The van der Waals surface area contributed by atoms with Crippen molar-refractivity contribution in [2.24, 2.45) is 5.92 Å². The van der Waals surface area contributed by atoms with Crippen molar-refractivity contribution in [1.29, 1.82) is 0 Å². The van der Waals surface area contributed by atoms with Gasteiger partial charge in [0.05, 0.1) is 10.8 Å². The number of benzene rings is 2. The Bertz CT molecular complexity index is 1130. The largest absolute Gasteiger partial charge is 0.385 e. The summed E-state index contributed by atoms with van der Waals surface area (Å²) in [4.78, 5) is 26.4. The van der Waals surface area contributed by atoms with Gasteiger partial charge >= 0.3 is 0 Å². The molecule has 1 unspecified atom stereocenters. The maximum Gasteiger partial charge on any atom is 0.275 e. The van der Waals surface area contributed by atoms with Gasteiger partial charge in [0.1, 0.15) is 5.60 Å². The average molecular weight is 354 g/mol. The number of aromatic nitrogens is 2. The summed E-state index contributed by atoms with van der Waals surface area (Å²) >= 11 is 0. The van der Waals surface area contributed by atoms with Crippen molar-refractivity contribution in [3.8, 4) is 0 Å². The van der Waals surface area contributed by atoms with E-state index < -0.39 is 11.8 Å². The summed E-state index contributed by atoms with van der Waals surface area (Å²) in [5.41, 5.74) is -1.81. The zero-order chi connectivity index (χ0) is 18.6. The highest BCUT2D eigenvalue weighted by molar-refractivity contribution is 5.97. The predicted octanol–water partition coefficient (Wildman–Crippen LogP) is 2.25. The van der Waals surface area contributed by atoms with Gasteiger partial charge in [-0.05, 0) is 36.8 Å². The fourth-order valence-electron chi connectivity index (χ4n) is 3.80. The zero-order valence-corrected chi connectivity index (χ0v) is 15.1. The minimum Gasteiger partial charge on any atom is -0.385 e. The van der Waals surface area contributed by atoms with Crippen LogP contribution in [-0.4, -0.2) is 26.7 Å². The number of aliphatic hydroxyl groups is 1. The van der Waals surface area contributed by atoms with Crippen molar-refractivity contribution in [1.82, 2.24) is 9.36 Å². The Morgan fingerprint density at radius 3 is 2.31 bits per heavy atom. The lowest BCUT2D eigenvalue weighted by atomic mass is 9.87.